The first kappa shape index (κ1) is 16.5. The van der Waals surface area contributed by atoms with Crippen LogP contribution >= 0.6 is 0 Å². The van der Waals surface area contributed by atoms with Gasteiger partial charge >= 0.3 is 5.97 Å². The van der Waals surface area contributed by atoms with Crippen LogP contribution in [0, 0.1) is 0 Å². The van der Waals surface area contributed by atoms with Gasteiger partial charge in [-0.05, 0) is 25.0 Å². The summed E-state index contributed by atoms with van der Waals surface area (Å²) in [5, 5.41) is 9.15. The molecule has 0 saturated carbocycles. The van der Waals surface area contributed by atoms with Crippen LogP contribution in [0.1, 0.15) is 29.3 Å². The van der Waals surface area contributed by atoms with Crippen LogP contribution < -0.4 is 0 Å². The molecule has 1 aliphatic heterocycles. The van der Waals surface area contributed by atoms with E-state index < -0.39 is 15.8 Å². The van der Waals surface area contributed by atoms with Crippen molar-refractivity contribution in [3.8, 4) is 0 Å². The Hall–Kier alpha value is -1.89. The van der Waals surface area contributed by atoms with E-state index in [2.05, 4.69) is 0 Å². The normalized spacial score (nSPS) is 19.8. The number of hydrogen-bond donors (Lipinski definition) is 1. The Morgan fingerprint density at radius 1 is 1.32 bits per heavy atom. The van der Waals surface area contributed by atoms with Gasteiger partial charge in [0.25, 0.3) is 0 Å². The zero-order valence-electron chi connectivity index (χ0n) is 12.4. The molecule has 2 rings (SSSR count). The van der Waals surface area contributed by atoms with E-state index in [-0.39, 0.29) is 35.4 Å². The molecule has 0 radical (unpaired) electrons. The molecule has 0 aliphatic carbocycles. The second-order valence-electron chi connectivity index (χ2n) is 5.38. The number of carbonyl (C=O) groups excluding carboxylic acids is 1. The quantitative estimate of drug-likeness (QED) is 0.870. The third-order valence-corrected chi connectivity index (χ3v) is 5.65. The molecule has 1 atom stereocenters. The summed E-state index contributed by atoms with van der Waals surface area (Å²) in [6.07, 6.45) is 0.412. The summed E-state index contributed by atoms with van der Waals surface area (Å²) in [6.45, 7) is 2.21. The number of sulfone groups is 1. The van der Waals surface area contributed by atoms with E-state index in [1.54, 1.807) is 30.0 Å². The topological polar surface area (TPSA) is 91.8 Å². The average molecular weight is 325 g/mol. The fraction of sp³-hybridized carbons (Fsp3) is 0.467. The van der Waals surface area contributed by atoms with E-state index in [1.165, 1.54) is 6.07 Å². The molecule has 1 aliphatic rings. The lowest BCUT2D eigenvalue weighted by atomic mass is 10.0. The number of carboxylic acid groups (broad SMARTS) is 1. The molecule has 1 aromatic rings. The van der Waals surface area contributed by atoms with Crippen LogP contribution in [0.2, 0.25) is 0 Å². The maximum atomic E-state index is 12.5. The van der Waals surface area contributed by atoms with Crippen LogP contribution in [0.4, 0.5) is 0 Å². The minimum absolute atomic E-state index is 0.00679. The van der Waals surface area contributed by atoms with Crippen molar-refractivity contribution in [3.63, 3.8) is 0 Å². The van der Waals surface area contributed by atoms with Crippen molar-refractivity contribution in [3.05, 3.63) is 35.4 Å². The zero-order valence-corrected chi connectivity index (χ0v) is 13.2. The van der Waals surface area contributed by atoms with Crippen molar-refractivity contribution in [2.75, 3.05) is 18.1 Å². The third-order valence-electron chi connectivity index (χ3n) is 3.90. The van der Waals surface area contributed by atoms with Crippen LogP contribution in [0.25, 0.3) is 0 Å². The van der Waals surface area contributed by atoms with Crippen molar-refractivity contribution >= 4 is 21.7 Å². The van der Waals surface area contributed by atoms with E-state index in [9.17, 15) is 18.0 Å². The molecule has 22 heavy (non-hydrogen) atoms. The third kappa shape index (κ3) is 3.65. The number of rotatable bonds is 5. The van der Waals surface area contributed by atoms with Gasteiger partial charge in [0, 0.05) is 12.6 Å². The van der Waals surface area contributed by atoms with Gasteiger partial charge in [-0.2, -0.15) is 0 Å². The van der Waals surface area contributed by atoms with Crippen LogP contribution in [-0.4, -0.2) is 54.4 Å². The monoisotopic (exact) mass is 325 g/mol. The summed E-state index contributed by atoms with van der Waals surface area (Å²) in [7, 11) is -3.07. The molecule has 7 heteroatoms. The highest BCUT2D eigenvalue weighted by Crippen LogP contribution is 2.19. The SMILES string of the molecule is CCN(C(=O)Cc1ccccc1C(=O)O)C1CCS(=O)(=O)C1. The molecule has 1 amide bonds. The molecule has 1 aromatic carbocycles. The van der Waals surface area contributed by atoms with Gasteiger partial charge in [0.15, 0.2) is 9.84 Å². The average Bonchev–Trinajstić information content (AvgIpc) is 2.80. The minimum Gasteiger partial charge on any atom is -0.478 e. The van der Waals surface area contributed by atoms with Crippen LogP contribution in [-0.2, 0) is 21.1 Å². The van der Waals surface area contributed by atoms with Gasteiger partial charge in [0.2, 0.25) is 5.91 Å². The van der Waals surface area contributed by atoms with Crippen molar-refractivity contribution < 1.29 is 23.1 Å². The van der Waals surface area contributed by atoms with Crippen molar-refractivity contribution in [2.24, 2.45) is 0 Å². The van der Waals surface area contributed by atoms with Crippen molar-refractivity contribution in [1.82, 2.24) is 4.90 Å². The molecule has 0 spiro atoms. The number of carbonyl (C=O) groups is 2. The first-order valence-corrected chi connectivity index (χ1v) is 8.97. The molecule has 1 unspecified atom stereocenters. The molecule has 1 N–H and O–H groups in total. The summed E-state index contributed by atoms with van der Waals surface area (Å²) in [4.78, 5) is 25.2. The first-order valence-electron chi connectivity index (χ1n) is 7.15. The number of carboxylic acids is 1. The fourth-order valence-electron chi connectivity index (χ4n) is 2.81. The fourth-order valence-corrected chi connectivity index (χ4v) is 4.54. The molecule has 6 nitrogen and oxygen atoms in total. The number of likely N-dealkylation sites (N-methyl/N-ethyl adjacent to an activating group) is 1. The maximum Gasteiger partial charge on any atom is 0.335 e. The standard InChI is InChI=1S/C15H19NO5S/c1-2-16(12-7-8-22(20,21)10-12)14(17)9-11-5-3-4-6-13(11)15(18)19/h3-6,12H,2,7-10H2,1H3,(H,18,19). The predicted molar refractivity (Wildman–Crippen MR) is 81.6 cm³/mol. The highest BCUT2D eigenvalue weighted by Gasteiger charge is 2.34. The second-order valence-corrected chi connectivity index (χ2v) is 7.60. The smallest absolute Gasteiger partial charge is 0.335 e. The summed E-state index contributed by atoms with van der Waals surface area (Å²) in [5.41, 5.74) is 0.547. The van der Waals surface area contributed by atoms with Gasteiger partial charge in [0.05, 0.1) is 23.5 Å². The second kappa shape index (κ2) is 6.48. The van der Waals surface area contributed by atoms with E-state index in [4.69, 9.17) is 5.11 Å². The van der Waals surface area contributed by atoms with Gasteiger partial charge in [-0.25, -0.2) is 13.2 Å². The summed E-state index contributed by atoms with van der Waals surface area (Å²) in [6, 6.07) is 6.06. The lowest BCUT2D eigenvalue weighted by Gasteiger charge is -2.27. The molecular formula is C15H19NO5S. The van der Waals surface area contributed by atoms with E-state index in [0.29, 0.717) is 18.5 Å². The lowest BCUT2D eigenvalue weighted by molar-refractivity contribution is -0.132. The first-order chi connectivity index (χ1) is 10.3. The predicted octanol–water partition coefficient (Wildman–Crippen LogP) is 0.963. The van der Waals surface area contributed by atoms with Crippen LogP contribution in [0.15, 0.2) is 24.3 Å². The number of benzene rings is 1. The Kier molecular flexibility index (Phi) is 4.85. The number of aromatic carboxylic acids is 1. The Bertz CT molecular complexity index is 683. The highest BCUT2D eigenvalue weighted by atomic mass is 32.2. The van der Waals surface area contributed by atoms with Crippen LogP contribution in [0.5, 0.6) is 0 Å². The molecular weight excluding hydrogens is 306 g/mol. The number of nitrogens with zero attached hydrogens (tertiary/aromatic N) is 1. The molecule has 1 heterocycles. The van der Waals surface area contributed by atoms with E-state index >= 15 is 0 Å². The Labute approximate surface area is 129 Å². The lowest BCUT2D eigenvalue weighted by Crippen LogP contribution is -2.41. The van der Waals surface area contributed by atoms with Crippen LogP contribution in [0.3, 0.4) is 0 Å². The Balaban J connectivity index is 2.15. The van der Waals surface area contributed by atoms with E-state index in [0.717, 1.165) is 0 Å². The van der Waals surface area contributed by atoms with Crippen molar-refractivity contribution in [1.29, 1.82) is 0 Å². The molecule has 120 valence electrons. The minimum atomic E-state index is -3.07. The highest BCUT2D eigenvalue weighted by molar-refractivity contribution is 7.91. The van der Waals surface area contributed by atoms with Gasteiger partial charge in [-0.15, -0.1) is 0 Å². The molecule has 1 saturated heterocycles. The summed E-state index contributed by atoms with van der Waals surface area (Å²) >= 11 is 0. The maximum absolute atomic E-state index is 12.5. The largest absolute Gasteiger partial charge is 0.478 e. The van der Waals surface area contributed by atoms with E-state index in [1.807, 2.05) is 0 Å². The number of hydrogen-bond acceptors (Lipinski definition) is 4. The summed E-state index contributed by atoms with van der Waals surface area (Å²) < 4.78 is 23.1. The van der Waals surface area contributed by atoms with Gasteiger partial charge in [-0.1, -0.05) is 18.2 Å². The molecule has 0 aromatic heterocycles. The Morgan fingerprint density at radius 2 is 2.00 bits per heavy atom. The summed E-state index contributed by atoms with van der Waals surface area (Å²) in [5.74, 6) is -1.21. The number of amides is 1. The van der Waals surface area contributed by atoms with Gasteiger partial charge in [-0.3, -0.25) is 4.79 Å². The Morgan fingerprint density at radius 3 is 2.55 bits per heavy atom. The van der Waals surface area contributed by atoms with Gasteiger partial charge < -0.3 is 10.0 Å². The zero-order chi connectivity index (χ0) is 16.3. The van der Waals surface area contributed by atoms with Crippen molar-refractivity contribution in [2.45, 2.75) is 25.8 Å². The van der Waals surface area contributed by atoms with Gasteiger partial charge in [0.1, 0.15) is 0 Å². The molecule has 0 bridgehead atoms. The molecule has 1 fully saturated rings.